The third-order valence-electron chi connectivity index (χ3n) is 5.93. The van der Waals surface area contributed by atoms with Crippen LogP contribution in [0, 0.1) is 11.8 Å². The molecule has 0 fully saturated rings. The standard InChI is InChI=1S/C28H23ClN4O3/c1-35-23-9-4-3-6-17(23)10-11-18-16-30-14-12-19(18)25-26(24-21(32-25)13-15-31-28(24)34)33-22-8-5-7-20(29)27(22)36-2/h3-9,12,14,16,32-33H,13,15H2,1-2H3,(H,31,34). The van der Waals surface area contributed by atoms with E-state index in [0.29, 0.717) is 52.0 Å². The summed E-state index contributed by atoms with van der Waals surface area (Å²) in [6, 6.07) is 14.9. The fraction of sp³-hybridized carbons (Fsp3) is 0.143. The zero-order valence-electron chi connectivity index (χ0n) is 19.7. The molecule has 3 heterocycles. The van der Waals surface area contributed by atoms with Crippen LogP contribution in [0.2, 0.25) is 5.02 Å². The molecule has 1 aliphatic heterocycles. The molecule has 3 N–H and O–H groups in total. The van der Waals surface area contributed by atoms with Crippen molar-refractivity contribution in [3.8, 4) is 34.6 Å². The first kappa shape index (κ1) is 23.3. The zero-order valence-corrected chi connectivity index (χ0v) is 20.5. The van der Waals surface area contributed by atoms with E-state index in [1.807, 2.05) is 42.5 Å². The molecule has 2 aromatic carbocycles. The molecular formula is C28H23ClN4O3. The monoisotopic (exact) mass is 498 g/mol. The number of para-hydroxylation sites is 2. The summed E-state index contributed by atoms with van der Waals surface area (Å²) in [5.74, 6) is 7.45. The highest BCUT2D eigenvalue weighted by Gasteiger charge is 2.28. The van der Waals surface area contributed by atoms with Crippen molar-refractivity contribution in [2.45, 2.75) is 6.42 Å². The lowest BCUT2D eigenvalue weighted by Crippen LogP contribution is -2.31. The second kappa shape index (κ2) is 10.1. The summed E-state index contributed by atoms with van der Waals surface area (Å²) in [5.41, 5.74) is 5.65. The van der Waals surface area contributed by atoms with Crippen LogP contribution in [0.4, 0.5) is 11.4 Å². The number of aromatic nitrogens is 2. The van der Waals surface area contributed by atoms with Crippen LogP contribution in [0.25, 0.3) is 11.3 Å². The van der Waals surface area contributed by atoms with Gasteiger partial charge in [-0.05, 0) is 30.3 Å². The van der Waals surface area contributed by atoms with Crippen molar-refractivity contribution in [2.24, 2.45) is 0 Å². The van der Waals surface area contributed by atoms with Gasteiger partial charge in [0.05, 0.1) is 53.0 Å². The van der Waals surface area contributed by atoms with Gasteiger partial charge in [0, 0.05) is 36.6 Å². The van der Waals surface area contributed by atoms with Crippen LogP contribution in [0.3, 0.4) is 0 Å². The van der Waals surface area contributed by atoms with Gasteiger partial charge in [0.15, 0.2) is 5.75 Å². The quantitative estimate of drug-likeness (QED) is 0.330. The number of methoxy groups -OCH3 is 2. The van der Waals surface area contributed by atoms with Crippen molar-refractivity contribution >= 4 is 28.9 Å². The molecule has 0 aliphatic carbocycles. The number of hydrogen-bond acceptors (Lipinski definition) is 5. The van der Waals surface area contributed by atoms with Gasteiger partial charge in [-0.1, -0.05) is 41.6 Å². The number of H-pyrrole nitrogens is 1. The number of amides is 1. The summed E-state index contributed by atoms with van der Waals surface area (Å²) in [6.07, 6.45) is 4.09. The highest BCUT2D eigenvalue weighted by molar-refractivity contribution is 6.32. The summed E-state index contributed by atoms with van der Waals surface area (Å²) in [5, 5.41) is 6.79. The SMILES string of the molecule is COc1ccccc1C#Cc1cnccc1-c1[nH]c2c(c1Nc1cccc(Cl)c1OC)C(=O)NCC2. The molecule has 7 nitrogen and oxygen atoms in total. The number of fused-ring (bicyclic) bond motifs is 1. The summed E-state index contributed by atoms with van der Waals surface area (Å²) < 4.78 is 11.0. The van der Waals surface area contributed by atoms with Crippen LogP contribution in [-0.4, -0.2) is 36.6 Å². The van der Waals surface area contributed by atoms with Crippen molar-refractivity contribution in [3.63, 3.8) is 0 Å². The first-order valence-corrected chi connectivity index (χ1v) is 11.7. The van der Waals surface area contributed by atoms with Crippen molar-refractivity contribution in [2.75, 3.05) is 26.1 Å². The molecular weight excluding hydrogens is 476 g/mol. The number of nitrogens with one attached hydrogen (secondary N) is 3. The van der Waals surface area contributed by atoms with Crippen LogP contribution in [-0.2, 0) is 6.42 Å². The number of pyridine rings is 1. The number of halogens is 1. The Morgan fingerprint density at radius 1 is 1.03 bits per heavy atom. The van der Waals surface area contributed by atoms with Gasteiger partial charge in [-0.3, -0.25) is 9.78 Å². The Hall–Kier alpha value is -4.41. The second-order valence-corrected chi connectivity index (χ2v) is 8.46. The van der Waals surface area contributed by atoms with E-state index in [1.54, 1.807) is 32.7 Å². The molecule has 8 heteroatoms. The van der Waals surface area contributed by atoms with Crippen LogP contribution in [0.15, 0.2) is 60.9 Å². The van der Waals surface area contributed by atoms with Crippen molar-refractivity contribution in [3.05, 3.63) is 88.3 Å². The molecule has 1 amide bonds. The topological polar surface area (TPSA) is 88.3 Å². The molecule has 0 saturated carbocycles. The average Bonchev–Trinajstić information content (AvgIpc) is 3.27. The van der Waals surface area contributed by atoms with Gasteiger partial charge in [0.2, 0.25) is 0 Å². The highest BCUT2D eigenvalue weighted by atomic mass is 35.5. The molecule has 5 rings (SSSR count). The first-order chi connectivity index (χ1) is 17.6. The van der Waals surface area contributed by atoms with E-state index in [-0.39, 0.29) is 5.91 Å². The minimum Gasteiger partial charge on any atom is -0.495 e. The molecule has 180 valence electrons. The number of nitrogens with zero attached hydrogens (tertiary/aromatic N) is 1. The molecule has 1 aliphatic rings. The number of hydrogen-bond donors (Lipinski definition) is 3. The Kier molecular flexibility index (Phi) is 6.52. The number of rotatable bonds is 5. The number of anilines is 2. The van der Waals surface area contributed by atoms with Gasteiger partial charge in [0.25, 0.3) is 5.91 Å². The predicted octanol–water partition coefficient (Wildman–Crippen LogP) is 5.18. The van der Waals surface area contributed by atoms with E-state index in [4.69, 9.17) is 21.1 Å². The summed E-state index contributed by atoms with van der Waals surface area (Å²) >= 11 is 6.36. The van der Waals surface area contributed by atoms with Crippen molar-refractivity contribution in [1.82, 2.24) is 15.3 Å². The number of carbonyl (C=O) groups excluding carboxylic acids is 1. The fourth-order valence-electron chi connectivity index (χ4n) is 4.25. The van der Waals surface area contributed by atoms with Gasteiger partial charge in [0.1, 0.15) is 5.75 Å². The Balaban J connectivity index is 1.66. The zero-order chi connectivity index (χ0) is 25.1. The van der Waals surface area contributed by atoms with Crippen LogP contribution < -0.4 is 20.1 Å². The molecule has 0 unspecified atom stereocenters. The van der Waals surface area contributed by atoms with E-state index in [1.165, 1.54) is 0 Å². The molecule has 0 radical (unpaired) electrons. The maximum atomic E-state index is 12.9. The number of carbonyl (C=O) groups is 1. The first-order valence-electron chi connectivity index (χ1n) is 11.3. The van der Waals surface area contributed by atoms with Gasteiger partial charge in [-0.2, -0.15) is 0 Å². The minimum absolute atomic E-state index is 0.155. The molecule has 4 aromatic rings. The van der Waals surface area contributed by atoms with Gasteiger partial charge in [-0.25, -0.2) is 0 Å². The van der Waals surface area contributed by atoms with Crippen molar-refractivity contribution < 1.29 is 14.3 Å². The molecule has 0 bridgehead atoms. The highest BCUT2D eigenvalue weighted by Crippen LogP contribution is 2.41. The Morgan fingerprint density at radius 3 is 2.69 bits per heavy atom. The lowest BCUT2D eigenvalue weighted by atomic mass is 10.0. The van der Waals surface area contributed by atoms with Gasteiger partial charge >= 0.3 is 0 Å². The lowest BCUT2D eigenvalue weighted by Gasteiger charge is -2.17. The largest absolute Gasteiger partial charge is 0.495 e. The predicted molar refractivity (Wildman–Crippen MR) is 140 cm³/mol. The number of benzene rings is 2. The van der Waals surface area contributed by atoms with Crippen molar-refractivity contribution in [1.29, 1.82) is 0 Å². The third-order valence-corrected chi connectivity index (χ3v) is 6.22. The third kappa shape index (κ3) is 4.35. The van der Waals surface area contributed by atoms with Gasteiger partial charge < -0.3 is 25.1 Å². The molecule has 2 aromatic heterocycles. The molecule has 0 spiro atoms. The maximum absolute atomic E-state index is 12.9. The smallest absolute Gasteiger partial charge is 0.255 e. The van der Waals surface area contributed by atoms with Gasteiger partial charge in [-0.15, -0.1) is 0 Å². The number of ether oxygens (including phenoxy) is 2. The van der Waals surface area contributed by atoms with Crippen LogP contribution in [0.5, 0.6) is 11.5 Å². The second-order valence-electron chi connectivity index (χ2n) is 8.05. The molecule has 0 atom stereocenters. The summed E-state index contributed by atoms with van der Waals surface area (Å²) in [7, 11) is 3.17. The normalized spacial score (nSPS) is 12.1. The van der Waals surface area contributed by atoms with E-state index in [2.05, 4.69) is 32.4 Å². The Morgan fingerprint density at radius 2 is 1.86 bits per heavy atom. The fourth-order valence-corrected chi connectivity index (χ4v) is 4.50. The lowest BCUT2D eigenvalue weighted by molar-refractivity contribution is 0.0947. The van der Waals surface area contributed by atoms with E-state index in [9.17, 15) is 4.79 Å². The summed E-state index contributed by atoms with van der Waals surface area (Å²) in [6.45, 7) is 0.558. The number of aromatic amines is 1. The Labute approximate surface area is 213 Å². The molecule has 36 heavy (non-hydrogen) atoms. The minimum atomic E-state index is -0.155. The van der Waals surface area contributed by atoms with E-state index >= 15 is 0 Å². The maximum Gasteiger partial charge on any atom is 0.255 e. The van der Waals surface area contributed by atoms with Crippen LogP contribution in [0.1, 0.15) is 27.2 Å². The average molecular weight is 499 g/mol. The Bertz CT molecular complexity index is 1520. The van der Waals surface area contributed by atoms with Crippen LogP contribution >= 0.6 is 11.6 Å². The van der Waals surface area contributed by atoms with E-state index in [0.717, 1.165) is 22.5 Å². The molecule has 0 saturated heterocycles. The van der Waals surface area contributed by atoms with E-state index < -0.39 is 0 Å². The summed E-state index contributed by atoms with van der Waals surface area (Å²) in [4.78, 5) is 20.7.